The minimum absolute atomic E-state index is 0.612. The third-order valence-corrected chi connectivity index (χ3v) is 4.51. The molecule has 2 nitrogen and oxygen atoms in total. The summed E-state index contributed by atoms with van der Waals surface area (Å²) in [5, 5.41) is 7.25. The van der Waals surface area contributed by atoms with Crippen molar-refractivity contribution in [1.82, 2.24) is 10.6 Å². The van der Waals surface area contributed by atoms with Gasteiger partial charge in [0.2, 0.25) is 0 Å². The van der Waals surface area contributed by atoms with E-state index in [4.69, 9.17) is 0 Å². The minimum Gasteiger partial charge on any atom is -0.315 e. The maximum atomic E-state index is 3.63. The fourth-order valence-corrected chi connectivity index (χ4v) is 3.03. The second-order valence-corrected chi connectivity index (χ2v) is 5.84. The summed E-state index contributed by atoms with van der Waals surface area (Å²) in [6.07, 6.45) is 6.95. The van der Waals surface area contributed by atoms with E-state index in [1.54, 1.807) is 0 Å². The molecule has 0 aromatic heterocycles. The summed E-state index contributed by atoms with van der Waals surface area (Å²) in [6.45, 7) is 3.34. The molecule has 0 spiro atoms. The van der Waals surface area contributed by atoms with E-state index in [1.165, 1.54) is 49.8 Å². The number of benzene rings is 1. The highest BCUT2D eigenvalue weighted by Crippen LogP contribution is 2.28. The van der Waals surface area contributed by atoms with Gasteiger partial charge in [0.25, 0.3) is 0 Å². The molecule has 0 amide bonds. The van der Waals surface area contributed by atoms with Gasteiger partial charge in [0, 0.05) is 19.1 Å². The van der Waals surface area contributed by atoms with Gasteiger partial charge in [-0.1, -0.05) is 43.5 Å². The fourth-order valence-electron chi connectivity index (χ4n) is 3.03. The van der Waals surface area contributed by atoms with E-state index in [1.807, 2.05) is 0 Å². The van der Waals surface area contributed by atoms with Crippen LogP contribution in [0.2, 0.25) is 0 Å². The van der Waals surface area contributed by atoms with Crippen LogP contribution in [0.15, 0.2) is 24.3 Å². The van der Waals surface area contributed by atoms with Gasteiger partial charge in [-0.05, 0) is 36.4 Å². The van der Waals surface area contributed by atoms with Crippen molar-refractivity contribution in [2.24, 2.45) is 5.92 Å². The second kappa shape index (κ2) is 5.85. The van der Waals surface area contributed by atoms with Gasteiger partial charge in [-0.3, -0.25) is 0 Å². The highest BCUT2D eigenvalue weighted by atomic mass is 15.0. The van der Waals surface area contributed by atoms with E-state index in [9.17, 15) is 0 Å². The first-order valence-electron chi connectivity index (χ1n) is 7.43. The SMILES string of the molecule is c1ccc2c(c1)CNC(CNCCC1CCC1)C2. The van der Waals surface area contributed by atoms with E-state index in [2.05, 4.69) is 34.9 Å². The molecule has 2 heteroatoms. The molecular weight excluding hydrogens is 220 g/mol. The molecule has 1 fully saturated rings. The Morgan fingerprint density at radius 2 is 2.00 bits per heavy atom. The Kier molecular flexibility index (Phi) is 3.96. The zero-order valence-corrected chi connectivity index (χ0v) is 11.1. The van der Waals surface area contributed by atoms with Crippen LogP contribution in [0.4, 0.5) is 0 Å². The Labute approximate surface area is 110 Å². The van der Waals surface area contributed by atoms with Crippen molar-refractivity contribution in [2.75, 3.05) is 13.1 Å². The first kappa shape index (κ1) is 12.2. The molecule has 1 saturated carbocycles. The molecule has 1 atom stereocenters. The largest absolute Gasteiger partial charge is 0.315 e. The zero-order valence-electron chi connectivity index (χ0n) is 11.1. The zero-order chi connectivity index (χ0) is 12.2. The number of nitrogens with one attached hydrogen (secondary N) is 2. The van der Waals surface area contributed by atoms with Crippen molar-refractivity contribution in [2.45, 2.75) is 44.7 Å². The van der Waals surface area contributed by atoms with Crippen LogP contribution in [0, 0.1) is 5.92 Å². The summed E-state index contributed by atoms with van der Waals surface area (Å²) >= 11 is 0. The van der Waals surface area contributed by atoms with Gasteiger partial charge >= 0.3 is 0 Å². The Balaban J connectivity index is 1.39. The fraction of sp³-hybridized carbons (Fsp3) is 0.625. The molecule has 0 saturated heterocycles. The van der Waals surface area contributed by atoms with Crippen LogP contribution in [0.25, 0.3) is 0 Å². The summed E-state index contributed by atoms with van der Waals surface area (Å²) < 4.78 is 0. The third-order valence-electron chi connectivity index (χ3n) is 4.51. The summed E-state index contributed by atoms with van der Waals surface area (Å²) in [6, 6.07) is 9.42. The van der Waals surface area contributed by atoms with Crippen LogP contribution in [-0.4, -0.2) is 19.1 Å². The number of fused-ring (bicyclic) bond motifs is 1. The predicted octanol–water partition coefficient (Wildman–Crippen LogP) is 2.48. The van der Waals surface area contributed by atoms with E-state index in [-0.39, 0.29) is 0 Å². The van der Waals surface area contributed by atoms with E-state index >= 15 is 0 Å². The Morgan fingerprint density at radius 1 is 1.17 bits per heavy atom. The Hall–Kier alpha value is -0.860. The number of hydrogen-bond donors (Lipinski definition) is 2. The lowest BCUT2D eigenvalue weighted by atomic mass is 9.83. The first-order valence-corrected chi connectivity index (χ1v) is 7.43. The minimum atomic E-state index is 0.612. The third kappa shape index (κ3) is 2.93. The molecule has 1 aliphatic carbocycles. The monoisotopic (exact) mass is 244 g/mol. The lowest BCUT2D eigenvalue weighted by molar-refractivity contribution is 0.289. The Bertz CT molecular complexity index is 384. The maximum absolute atomic E-state index is 3.63. The number of hydrogen-bond acceptors (Lipinski definition) is 2. The van der Waals surface area contributed by atoms with Crippen LogP contribution in [-0.2, 0) is 13.0 Å². The standard InChI is InChI=1S/C16H24N2/c1-2-7-15-11-18-16(10-14(15)6-1)12-17-9-8-13-4-3-5-13/h1-2,6-7,13,16-18H,3-5,8-12H2. The van der Waals surface area contributed by atoms with Crippen molar-refractivity contribution >= 4 is 0 Å². The molecule has 1 aromatic rings. The average molecular weight is 244 g/mol. The smallest absolute Gasteiger partial charge is 0.0236 e. The molecule has 0 bridgehead atoms. The molecule has 18 heavy (non-hydrogen) atoms. The summed E-state index contributed by atoms with van der Waals surface area (Å²) in [5.74, 6) is 1.03. The molecule has 0 radical (unpaired) electrons. The first-order chi connectivity index (χ1) is 8.92. The van der Waals surface area contributed by atoms with Crippen molar-refractivity contribution in [3.8, 4) is 0 Å². The van der Waals surface area contributed by atoms with E-state index < -0.39 is 0 Å². The quantitative estimate of drug-likeness (QED) is 0.778. The topological polar surface area (TPSA) is 24.1 Å². The van der Waals surface area contributed by atoms with E-state index in [0.29, 0.717) is 6.04 Å². The van der Waals surface area contributed by atoms with Crippen LogP contribution < -0.4 is 10.6 Å². The van der Waals surface area contributed by atoms with Gasteiger partial charge in [0.1, 0.15) is 0 Å². The molecule has 1 aromatic carbocycles. The lowest BCUT2D eigenvalue weighted by Gasteiger charge is -2.28. The van der Waals surface area contributed by atoms with E-state index in [0.717, 1.165) is 19.0 Å². The van der Waals surface area contributed by atoms with Crippen molar-refractivity contribution in [3.05, 3.63) is 35.4 Å². The lowest BCUT2D eigenvalue weighted by Crippen LogP contribution is -2.43. The maximum Gasteiger partial charge on any atom is 0.0236 e. The predicted molar refractivity (Wildman–Crippen MR) is 75.6 cm³/mol. The van der Waals surface area contributed by atoms with Gasteiger partial charge in [0.05, 0.1) is 0 Å². The summed E-state index contributed by atoms with van der Waals surface area (Å²) in [5.41, 5.74) is 3.00. The molecular formula is C16H24N2. The van der Waals surface area contributed by atoms with Gasteiger partial charge in [-0.15, -0.1) is 0 Å². The molecule has 2 N–H and O–H groups in total. The molecule has 1 heterocycles. The second-order valence-electron chi connectivity index (χ2n) is 5.84. The highest BCUT2D eigenvalue weighted by Gasteiger charge is 2.18. The van der Waals surface area contributed by atoms with Crippen molar-refractivity contribution < 1.29 is 0 Å². The van der Waals surface area contributed by atoms with Crippen molar-refractivity contribution in [3.63, 3.8) is 0 Å². The van der Waals surface area contributed by atoms with Gasteiger partial charge in [0.15, 0.2) is 0 Å². The van der Waals surface area contributed by atoms with Crippen molar-refractivity contribution in [1.29, 1.82) is 0 Å². The summed E-state index contributed by atoms with van der Waals surface area (Å²) in [7, 11) is 0. The molecule has 3 rings (SSSR count). The molecule has 1 aliphatic heterocycles. The van der Waals surface area contributed by atoms with Crippen LogP contribution in [0.1, 0.15) is 36.8 Å². The van der Waals surface area contributed by atoms with Crippen LogP contribution >= 0.6 is 0 Å². The molecule has 1 unspecified atom stereocenters. The van der Waals surface area contributed by atoms with Gasteiger partial charge < -0.3 is 10.6 Å². The normalized spacial score (nSPS) is 23.4. The van der Waals surface area contributed by atoms with Gasteiger partial charge in [-0.25, -0.2) is 0 Å². The summed E-state index contributed by atoms with van der Waals surface area (Å²) in [4.78, 5) is 0. The highest BCUT2D eigenvalue weighted by molar-refractivity contribution is 5.29. The average Bonchev–Trinajstić information content (AvgIpc) is 2.36. The molecule has 98 valence electrons. The number of rotatable bonds is 5. The van der Waals surface area contributed by atoms with Crippen LogP contribution in [0.5, 0.6) is 0 Å². The van der Waals surface area contributed by atoms with Crippen LogP contribution in [0.3, 0.4) is 0 Å². The van der Waals surface area contributed by atoms with Gasteiger partial charge in [-0.2, -0.15) is 0 Å². The molecule has 2 aliphatic rings. The Morgan fingerprint density at radius 3 is 2.78 bits per heavy atom.